The Morgan fingerprint density at radius 3 is 2.61 bits per heavy atom. The number of rotatable bonds is 6. The summed E-state index contributed by atoms with van der Waals surface area (Å²) in [5, 5.41) is 5.42. The minimum Gasteiger partial charge on any atom is -0.336 e. The standard InChI is InChI=1S/C23H28N4O/c1-15(2)12-13-27(18-10-11-18)23(28)19-14-20(17-8-6-5-7-9-17)24-22-21(19)16(3)25-26(22)4/h5-9,14-15,18H,10-13H2,1-4H3. The van der Waals surface area contributed by atoms with Gasteiger partial charge >= 0.3 is 0 Å². The first kappa shape index (κ1) is 18.7. The zero-order valence-electron chi connectivity index (χ0n) is 17.1. The van der Waals surface area contributed by atoms with Gasteiger partial charge in [0, 0.05) is 25.2 Å². The number of nitrogens with zero attached hydrogens (tertiary/aromatic N) is 4. The van der Waals surface area contributed by atoms with E-state index in [2.05, 4.69) is 23.8 Å². The predicted molar refractivity (Wildman–Crippen MR) is 112 cm³/mol. The minimum absolute atomic E-state index is 0.115. The first-order valence-electron chi connectivity index (χ1n) is 10.2. The third kappa shape index (κ3) is 3.53. The Balaban J connectivity index is 1.83. The fraction of sp³-hybridized carbons (Fsp3) is 0.435. The molecule has 5 nitrogen and oxygen atoms in total. The Kier molecular flexibility index (Phi) is 4.92. The highest BCUT2D eigenvalue weighted by atomic mass is 16.2. The summed E-state index contributed by atoms with van der Waals surface area (Å²) in [5.41, 5.74) is 4.18. The van der Waals surface area contributed by atoms with Gasteiger partial charge in [-0.2, -0.15) is 5.10 Å². The molecule has 0 unspecified atom stereocenters. The Hall–Kier alpha value is -2.69. The van der Waals surface area contributed by atoms with Crippen LogP contribution in [0.5, 0.6) is 0 Å². The van der Waals surface area contributed by atoms with Crippen LogP contribution in [0.2, 0.25) is 0 Å². The molecule has 28 heavy (non-hydrogen) atoms. The molecule has 5 heteroatoms. The SMILES string of the molecule is Cc1nn(C)c2nc(-c3ccccc3)cc(C(=O)N(CCC(C)C)C3CC3)c12. The first-order chi connectivity index (χ1) is 13.5. The second kappa shape index (κ2) is 7.38. The summed E-state index contributed by atoms with van der Waals surface area (Å²) in [6.07, 6.45) is 3.24. The molecule has 0 radical (unpaired) electrons. The smallest absolute Gasteiger partial charge is 0.254 e. The molecule has 2 heterocycles. The molecule has 3 aromatic rings. The van der Waals surface area contributed by atoms with Gasteiger partial charge in [0.15, 0.2) is 5.65 Å². The third-order valence-corrected chi connectivity index (χ3v) is 5.46. The van der Waals surface area contributed by atoms with Crippen LogP contribution in [0.25, 0.3) is 22.3 Å². The molecule has 1 aliphatic rings. The zero-order chi connectivity index (χ0) is 19.8. The number of aryl methyl sites for hydroxylation is 2. The van der Waals surface area contributed by atoms with Gasteiger partial charge < -0.3 is 4.90 Å². The molecule has 1 amide bonds. The molecule has 2 aromatic heterocycles. The van der Waals surface area contributed by atoms with Gasteiger partial charge in [-0.1, -0.05) is 44.2 Å². The molecule has 1 saturated carbocycles. The summed E-state index contributed by atoms with van der Waals surface area (Å²) in [4.78, 5) is 20.6. The van der Waals surface area contributed by atoms with E-state index in [-0.39, 0.29) is 5.91 Å². The Morgan fingerprint density at radius 1 is 1.25 bits per heavy atom. The average molecular weight is 377 g/mol. The summed E-state index contributed by atoms with van der Waals surface area (Å²) in [5.74, 6) is 0.690. The summed E-state index contributed by atoms with van der Waals surface area (Å²) in [6.45, 7) is 7.18. The summed E-state index contributed by atoms with van der Waals surface area (Å²) in [7, 11) is 1.89. The molecule has 4 rings (SSSR count). The van der Waals surface area contributed by atoms with Crippen molar-refractivity contribution in [3.8, 4) is 11.3 Å². The van der Waals surface area contributed by atoms with E-state index < -0.39 is 0 Å². The van der Waals surface area contributed by atoms with E-state index >= 15 is 0 Å². The van der Waals surface area contributed by atoms with E-state index in [1.165, 1.54) is 0 Å². The van der Waals surface area contributed by atoms with Gasteiger partial charge in [0.25, 0.3) is 5.91 Å². The number of amides is 1. The van der Waals surface area contributed by atoms with Crippen molar-refractivity contribution in [1.82, 2.24) is 19.7 Å². The van der Waals surface area contributed by atoms with Crippen molar-refractivity contribution in [3.05, 3.63) is 47.7 Å². The van der Waals surface area contributed by atoms with Crippen LogP contribution in [0.3, 0.4) is 0 Å². The maximum atomic E-state index is 13.7. The fourth-order valence-corrected chi connectivity index (χ4v) is 3.76. The number of aromatic nitrogens is 3. The summed E-state index contributed by atoms with van der Waals surface area (Å²) in [6, 6.07) is 12.4. The van der Waals surface area contributed by atoms with Crippen LogP contribution in [0.1, 0.15) is 49.2 Å². The predicted octanol–water partition coefficient (Wildman–Crippen LogP) is 4.59. The summed E-state index contributed by atoms with van der Waals surface area (Å²) < 4.78 is 1.78. The van der Waals surface area contributed by atoms with Crippen molar-refractivity contribution in [1.29, 1.82) is 0 Å². The first-order valence-corrected chi connectivity index (χ1v) is 10.2. The Bertz CT molecular complexity index is 1000. The van der Waals surface area contributed by atoms with Crippen LogP contribution in [0.15, 0.2) is 36.4 Å². The molecule has 146 valence electrons. The highest BCUT2D eigenvalue weighted by Gasteiger charge is 2.34. The molecule has 1 fully saturated rings. The zero-order valence-corrected chi connectivity index (χ0v) is 17.1. The number of benzene rings is 1. The van der Waals surface area contributed by atoms with Crippen molar-refractivity contribution in [2.45, 2.75) is 46.1 Å². The lowest BCUT2D eigenvalue weighted by atomic mass is 10.0. The van der Waals surface area contributed by atoms with E-state index in [9.17, 15) is 4.79 Å². The van der Waals surface area contributed by atoms with Gasteiger partial charge in [0.2, 0.25) is 0 Å². The van der Waals surface area contributed by atoms with E-state index in [0.29, 0.717) is 12.0 Å². The van der Waals surface area contributed by atoms with Crippen molar-refractivity contribution in [2.24, 2.45) is 13.0 Å². The largest absolute Gasteiger partial charge is 0.336 e. The highest BCUT2D eigenvalue weighted by molar-refractivity contribution is 6.07. The van der Waals surface area contributed by atoms with Crippen LogP contribution < -0.4 is 0 Å². The number of fused-ring (bicyclic) bond motifs is 1. The molecule has 0 spiro atoms. The maximum absolute atomic E-state index is 13.7. The lowest BCUT2D eigenvalue weighted by molar-refractivity contribution is 0.0737. The lowest BCUT2D eigenvalue weighted by Gasteiger charge is -2.24. The fourth-order valence-electron chi connectivity index (χ4n) is 3.76. The Labute approximate surface area is 166 Å². The van der Waals surface area contributed by atoms with Gasteiger partial charge in [-0.25, -0.2) is 4.98 Å². The summed E-state index contributed by atoms with van der Waals surface area (Å²) >= 11 is 0. The van der Waals surface area contributed by atoms with Crippen LogP contribution >= 0.6 is 0 Å². The van der Waals surface area contributed by atoms with Crippen molar-refractivity contribution in [2.75, 3.05) is 6.54 Å². The number of carbonyl (C=O) groups excluding carboxylic acids is 1. The van der Waals surface area contributed by atoms with E-state index in [0.717, 1.165) is 59.4 Å². The normalized spacial score (nSPS) is 14.0. The van der Waals surface area contributed by atoms with Gasteiger partial charge in [-0.05, 0) is 38.2 Å². The van der Waals surface area contributed by atoms with Crippen LogP contribution in [-0.4, -0.2) is 38.2 Å². The molecule has 1 aromatic carbocycles. The molecule has 0 aliphatic heterocycles. The monoisotopic (exact) mass is 376 g/mol. The van der Waals surface area contributed by atoms with Crippen LogP contribution in [-0.2, 0) is 7.05 Å². The van der Waals surface area contributed by atoms with E-state index in [1.807, 2.05) is 50.4 Å². The van der Waals surface area contributed by atoms with Gasteiger partial charge in [-0.3, -0.25) is 9.48 Å². The van der Waals surface area contributed by atoms with Crippen molar-refractivity contribution >= 4 is 16.9 Å². The van der Waals surface area contributed by atoms with Crippen LogP contribution in [0, 0.1) is 12.8 Å². The molecule has 1 aliphatic carbocycles. The van der Waals surface area contributed by atoms with Gasteiger partial charge in [0.05, 0.1) is 22.3 Å². The average Bonchev–Trinajstić information content (AvgIpc) is 3.48. The number of pyridine rings is 1. The molecule has 0 N–H and O–H groups in total. The van der Waals surface area contributed by atoms with E-state index in [4.69, 9.17) is 4.98 Å². The number of carbonyl (C=O) groups is 1. The second-order valence-electron chi connectivity index (χ2n) is 8.24. The highest BCUT2D eigenvalue weighted by Crippen LogP contribution is 2.32. The Morgan fingerprint density at radius 2 is 1.96 bits per heavy atom. The topological polar surface area (TPSA) is 51.0 Å². The van der Waals surface area contributed by atoms with E-state index in [1.54, 1.807) is 4.68 Å². The molecular formula is C23H28N4O. The van der Waals surface area contributed by atoms with Crippen molar-refractivity contribution < 1.29 is 4.79 Å². The van der Waals surface area contributed by atoms with Gasteiger partial charge in [-0.15, -0.1) is 0 Å². The number of hydrogen-bond donors (Lipinski definition) is 0. The van der Waals surface area contributed by atoms with Crippen LogP contribution in [0.4, 0.5) is 0 Å². The molecule has 0 saturated heterocycles. The molecule has 0 atom stereocenters. The lowest BCUT2D eigenvalue weighted by Crippen LogP contribution is -2.34. The quantitative estimate of drug-likeness (QED) is 0.632. The van der Waals surface area contributed by atoms with Gasteiger partial charge in [0.1, 0.15) is 0 Å². The minimum atomic E-state index is 0.115. The third-order valence-electron chi connectivity index (χ3n) is 5.46. The molecule has 0 bridgehead atoms. The number of hydrogen-bond acceptors (Lipinski definition) is 3. The molecular weight excluding hydrogens is 348 g/mol. The van der Waals surface area contributed by atoms with Crippen molar-refractivity contribution in [3.63, 3.8) is 0 Å². The second-order valence-corrected chi connectivity index (χ2v) is 8.24. The maximum Gasteiger partial charge on any atom is 0.254 e.